The molecule has 0 aliphatic heterocycles. The van der Waals surface area contributed by atoms with E-state index < -0.39 is 25.5 Å². The Hall–Kier alpha value is -2.57. The van der Waals surface area contributed by atoms with Gasteiger partial charge >= 0.3 is 18.9 Å². The van der Waals surface area contributed by atoms with Crippen LogP contribution < -0.4 is 10.1 Å². The molecule has 0 bridgehead atoms. The first-order chi connectivity index (χ1) is 12.7. The van der Waals surface area contributed by atoms with Crippen molar-refractivity contribution >= 4 is 17.9 Å². The summed E-state index contributed by atoms with van der Waals surface area (Å²) < 4.78 is 73.3. The van der Waals surface area contributed by atoms with Crippen LogP contribution in [0.4, 0.5) is 26.7 Å². The highest BCUT2D eigenvalue weighted by atomic mass is 32.2. The Morgan fingerprint density at radius 1 is 1.22 bits per heavy atom. The number of halogens is 5. The summed E-state index contributed by atoms with van der Waals surface area (Å²) >= 11 is 1.06. The fourth-order valence-electron chi connectivity index (χ4n) is 1.65. The van der Waals surface area contributed by atoms with Crippen molar-refractivity contribution in [1.82, 2.24) is 15.5 Å². The number of alkyl halides is 5. The van der Waals surface area contributed by atoms with Gasteiger partial charge in [0.25, 0.3) is 5.22 Å². The summed E-state index contributed by atoms with van der Waals surface area (Å²) in [5, 5.41) is 9.83. The van der Waals surface area contributed by atoms with Crippen LogP contribution in [0.15, 0.2) is 33.9 Å². The second-order valence-electron chi connectivity index (χ2n) is 4.74. The average Bonchev–Trinajstić information content (AvgIpc) is 3.05. The Morgan fingerprint density at radius 2 is 1.93 bits per heavy atom. The maximum atomic E-state index is 12.1. The molecular formula is C14H12F5N3O4S. The maximum Gasteiger partial charge on any atom is 0.422 e. The van der Waals surface area contributed by atoms with Gasteiger partial charge in [0, 0.05) is 17.9 Å². The largest absolute Gasteiger partial charge is 0.440 e. The number of benzene rings is 1. The van der Waals surface area contributed by atoms with E-state index in [1.165, 1.54) is 24.3 Å². The minimum Gasteiger partial charge on any atom is -0.440 e. The lowest BCUT2D eigenvalue weighted by molar-refractivity contribution is -0.160. The number of alkyl carbamates (subject to hydrolysis) is 1. The van der Waals surface area contributed by atoms with Crippen molar-refractivity contribution in [3.8, 4) is 17.2 Å². The summed E-state index contributed by atoms with van der Waals surface area (Å²) in [6.45, 7) is -4.58. The normalized spacial score (nSPS) is 11.5. The molecule has 0 radical (unpaired) electrons. The zero-order valence-electron chi connectivity index (χ0n) is 13.3. The molecular weight excluding hydrogens is 401 g/mol. The van der Waals surface area contributed by atoms with E-state index in [-0.39, 0.29) is 29.2 Å². The van der Waals surface area contributed by atoms with Crippen molar-refractivity contribution < 1.29 is 40.6 Å². The SMILES string of the molecule is O=C(NCCSc1nnc(-c2ccc(OC(F)F)cc2)o1)OCC(F)(F)F. The Morgan fingerprint density at radius 3 is 2.56 bits per heavy atom. The molecule has 0 aliphatic carbocycles. The summed E-state index contributed by atoms with van der Waals surface area (Å²) in [5.74, 6) is 0.356. The van der Waals surface area contributed by atoms with Crippen molar-refractivity contribution in [2.24, 2.45) is 0 Å². The van der Waals surface area contributed by atoms with E-state index in [0.29, 0.717) is 5.56 Å². The second-order valence-corrected chi connectivity index (χ2v) is 5.79. The molecule has 148 valence electrons. The lowest BCUT2D eigenvalue weighted by atomic mass is 10.2. The molecule has 13 heteroatoms. The molecule has 1 aromatic carbocycles. The smallest absolute Gasteiger partial charge is 0.422 e. The molecule has 7 nitrogen and oxygen atoms in total. The third-order valence-electron chi connectivity index (χ3n) is 2.70. The van der Waals surface area contributed by atoms with Gasteiger partial charge in [-0.3, -0.25) is 0 Å². The summed E-state index contributed by atoms with van der Waals surface area (Å²) in [4.78, 5) is 11.0. The number of hydrogen-bond acceptors (Lipinski definition) is 7. The zero-order valence-corrected chi connectivity index (χ0v) is 14.2. The van der Waals surface area contributed by atoms with Crippen molar-refractivity contribution in [2.45, 2.75) is 18.0 Å². The summed E-state index contributed by atoms with van der Waals surface area (Å²) in [6.07, 6.45) is -5.78. The van der Waals surface area contributed by atoms with Crippen LogP contribution in [0.5, 0.6) is 5.75 Å². The number of rotatable bonds is 8. The number of aromatic nitrogens is 2. The van der Waals surface area contributed by atoms with Crippen LogP contribution in [-0.2, 0) is 4.74 Å². The van der Waals surface area contributed by atoms with Gasteiger partial charge in [0.1, 0.15) is 5.75 Å². The number of hydrogen-bond donors (Lipinski definition) is 1. The van der Waals surface area contributed by atoms with Gasteiger partial charge in [0.2, 0.25) is 5.89 Å². The van der Waals surface area contributed by atoms with Gasteiger partial charge in [0.15, 0.2) is 6.61 Å². The summed E-state index contributed by atoms with van der Waals surface area (Å²) in [7, 11) is 0. The van der Waals surface area contributed by atoms with Crippen LogP contribution in [0.1, 0.15) is 0 Å². The molecule has 0 spiro atoms. The highest BCUT2D eigenvalue weighted by Crippen LogP contribution is 2.25. The number of nitrogens with zero attached hydrogens (tertiary/aromatic N) is 2. The predicted molar refractivity (Wildman–Crippen MR) is 82.5 cm³/mol. The predicted octanol–water partition coefficient (Wildman–Crippen LogP) is 3.72. The monoisotopic (exact) mass is 413 g/mol. The van der Waals surface area contributed by atoms with E-state index in [1.54, 1.807) is 0 Å². The van der Waals surface area contributed by atoms with Gasteiger partial charge in [-0.1, -0.05) is 11.8 Å². The van der Waals surface area contributed by atoms with Crippen LogP contribution in [-0.4, -0.2) is 48.0 Å². The number of carbonyl (C=O) groups excluding carboxylic acids is 1. The van der Waals surface area contributed by atoms with Gasteiger partial charge in [-0.2, -0.15) is 22.0 Å². The van der Waals surface area contributed by atoms with Crippen LogP contribution >= 0.6 is 11.8 Å². The van der Waals surface area contributed by atoms with Crippen LogP contribution in [0.2, 0.25) is 0 Å². The number of amides is 1. The van der Waals surface area contributed by atoms with E-state index in [0.717, 1.165) is 11.8 Å². The van der Waals surface area contributed by atoms with Gasteiger partial charge in [-0.25, -0.2) is 4.79 Å². The highest BCUT2D eigenvalue weighted by molar-refractivity contribution is 7.99. The fourth-order valence-corrected chi connectivity index (χ4v) is 2.27. The molecule has 2 aromatic rings. The Kier molecular flexibility index (Phi) is 7.21. The minimum atomic E-state index is -4.59. The van der Waals surface area contributed by atoms with E-state index in [1.807, 2.05) is 0 Å². The van der Waals surface area contributed by atoms with Gasteiger partial charge in [-0.15, -0.1) is 10.2 Å². The first-order valence-electron chi connectivity index (χ1n) is 7.22. The van der Waals surface area contributed by atoms with Gasteiger partial charge < -0.3 is 19.2 Å². The standard InChI is InChI=1S/C14H12F5N3O4S/c15-11(16)25-9-3-1-8(2-4-9)10-21-22-13(26-10)27-6-5-20-12(23)24-7-14(17,18)19/h1-4,11H,5-7H2,(H,20,23). The molecule has 1 N–H and O–H groups in total. The van der Waals surface area contributed by atoms with Crippen molar-refractivity contribution in [1.29, 1.82) is 0 Å². The van der Waals surface area contributed by atoms with E-state index >= 15 is 0 Å². The van der Waals surface area contributed by atoms with E-state index in [4.69, 9.17) is 4.42 Å². The van der Waals surface area contributed by atoms with Crippen LogP contribution in [0.25, 0.3) is 11.5 Å². The molecule has 0 saturated heterocycles. The van der Waals surface area contributed by atoms with Gasteiger partial charge in [-0.05, 0) is 24.3 Å². The Bertz CT molecular complexity index is 739. The summed E-state index contributed by atoms with van der Waals surface area (Å²) in [5.41, 5.74) is 0.477. The lowest BCUT2D eigenvalue weighted by Gasteiger charge is -2.08. The molecule has 0 aliphatic rings. The third kappa shape index (κ3) is 7.68. The fraction of sp³-hybridized carbons (Fsp3) is 0.357. The molecule has 0 saturated carbocycles. The Labute approximate surface area is 153 Å². The number of carbonyl (C=O) groups is 1. The maximum absolute atomic E-state index is 12.1. The number of nitrogens with one attached hydrogen (secondary N) is 1. The van der Waals surface area contributed by atoms with E-state index in [2.05, 4.69) is 25.0 Å². The average molecular weight is 413 g/mol. The Balaban J connectivity index is 1.75. The first kappa shape index (κ1) is 20.7. The molecule has 0 unspecified atom stereocenters. The third-order valence-corrected chi connectivity index (χ3v) is 3.52. The van der Waals surface area contributed by atoms with Crippen LogP contribution in [0, 0.1) is 0 Å². The molecule has 0 fully saturated rings. The molecule has 2 rings (SSSR count). The summed E-state index contributed by atoms with van der Waals surface area (Å²) in [6, 6.07) is 5.54. The number of ether oxygens (including phenoxy) is 2. The molecule has 0 atom stereocenters. The quantitative estimate of drug-likeness (QED) is 0.401. The van der Waals surface area contributed by atoms with Crippen LogP contribution in [0.3, 0.4) is 0 Å². The van der Waals surface area contributed by atoms with Crippen molar-refractivity contribution in [2.75, 3.05) is 18.9 Å². The topological polar surface area (TPSA) is 86.5 Å². The van der Waals surface area contributed by atoms with Gasteiger partial charge in [0.05, 0.1) is 0 Å². The van der Waals surface area contributed by atoms with Crippen molar-refractivity contribution in [3.63, 3.8) is 0 Å². The lowest BCUT2D eigenvalue weighted by Crippen LogP contribution is -2.30. The minimum absolute atomic E-state index is 0.0126. The molecule has 1 heterocycles. The van der Waals surface area contributed by atoms with Crippen molar-refractivity contribution in [3.05, 3.63) is 24.3 Å². The number of thioether (sulfide) groups is 1. The second kappa shape index (κ2) is 9.39. The molecule has 27 heavy (non-hydrogen) atoms. The molecule has 1 aromatic heterocycles. The van der Waals surface area contributed by atoms with E-state index in [9.17, 15) is 26.7 Å². The zero-order chi connectivity index (χ0) is 19.9. The highest BCUT2D eigenvalue weighted by Gasteiger charge is 2.29. The first-order valence-corrected chi connectivity index (χ1v) is 8.20. The molecule has 1 amide bonds.